The zero-order valence-electron chi connectivity index (χ0n) is 18.0. The predicted octanol–water partition coefficient (Wildman–Crippen LogP) is 3.24. The normalized spacial score (nSPS) is 19.3. The summed E-state index contributed by atoms with van der Waals surface area (Å²) in [5.74, 6) is 0.132. The first kappa shape index (κ1) is 21.3. The monoisotopic (exact) mass is 390 g/mol. The highest BCUT2D eigenvalue weighted by molar-refractivity contribution is 5.76. The second-order valence-electron chi connectivity index (χ2n) is 8.65. The van der Waals surface area contributed by atoms with E-state index in [0.717, 1.165) is 31.7 Å². The van der Waals surface area contributed by atoms with E-state index in [2.05, 4.69) is 35.7 Å². The number of ether oxygens (including phenoxy) is 1. The zero-order valence-corrected chi connectivity index (χ0v) is 18.0. The van der Waals surface area contributed by atoms with Gasteiger partial charge in [-0.25, -0.2) is 0 Å². The van der Waals surface area contributed by atoms with E-state index in [4.69, 9.17) is 9.84 Å². The SMILES string of the molecule is CC(CCNC(=O)CCc1nn(C(C)C)c2c1COCC2)N1CCCCCC1. The third kappa shape index (κ3) is 5.57. The summed E-state index contributed by atoms with van der Waals surface area (Å²) in [6, 6.07) is 0.888. The van der Waals surface area contributed by atoms with Crippen molar-refractivity contribution in [2.75, 3.05) is 26.2 Å². The molecule has 6 nitrogen and oxygen atoms in total. The van der Waals surface area contributed by atoms with Crippen LogP contribution in [0.2, 0.25) is 0 Å². The molecule has 6 heteroatoms. The van der Waals surface area contributed by atoms with Crippen LogP contribution in [0, 0.1) is 0 Å². The van der Waals surface area contributed by atoms with Gasteiger partial charge in [-0.3, -0.25) is 9.48 Å². The predicted molar refractivity (Wildman–Crippen MR) is 111 cm³/mol. The number of rotatable bonds is 8. The molecule has 0 saturated carbocycles. The number of aryl methyl sites for hydroxylation is 1. The Hall–Kier alpha value is -1.40. The van der Waals surface area contributed by atoms with E-state index in [-0.39, 0.29) is 5.91 Å². The first-order valence-electron chi connectivity index (χ1n) is 11.2. The van der Waals surface area contributed by atoms with Gasteiger partial charge in [0.25, 0.3) is 0 Å². The van der Waals surface area contributed by atoms with Crippen LogP contribution < -0.4 is 5.32 Å². The number of nitrogens with one attached hydrogen (secondary N) is 1. The number of nitrogens with zero attached hydrogens (tertiary/aromatic N) is 3. The van der Waals surface area contributed by atoms with Crippen molar-refractivity contribution in [3.63, 3.8) is 0 Å². The fourth-order valence-corrected chi connectivity index (χ4v) is 4.42. The third-order valence-corrected chi connectivity index (χ3v) is 6.16. The summed E-state index contributed by atoms with van der Waals surface area (Å²) < 4.78 is 7.75. The first-order chi connectivity index (χ1) is 13.6. The molecule has 0 radical (unpaired) electrons. The van der Waals surface area contributed by atoms with Gasteiger partial charge >= 0.3 is 0 Å². The minimum absolute atomic E-state index is 0.132. The van der Waals surface area contributed by atoms with Crippen LogP contribution in [0.4, 0.5) is 0 Å². The van der Waals surface area contributed by atoms with Gasteiger partial charge in [0.2, 0.25) is 5.91 Å². The number of aromatic nitrogens is 2. The van der Waals surface area contributed by atoms with E-state index in [1.165, 1.54) is 50.0 Å². The number of fused-ring (bicyclic) bond motifs is 1. The molecule has 0 bridgehead atoms. The van der Waals surface area contributed by atoms with Crippen LogP contribution in [0.5, 0.6) is 0 Å². The smallest absolute Gasteiger partial charge is 0.220 e. The lowest BCUT2D eigenvalue weighted by Crippen LogP contribution is -2.37. The summed E-state index contributed by atoms with van der Waals surface area (Å²) in [4.78, 5) is 14.9. The Kier molecular flexibility index (Phi) is 7.91. The molecule has 1 N–H and O–H groups in total. The van der Waals surface area contributed by atoms with Gasteiger partial charge in [0.15, 0.2) is 0 Å². The summed E-state index contributed by atoms with van der Waals surface area (Å²) in [5.41, 5.74) is 3.54. The fourth-order valence-electron chi connectivity index (χ4n) is 4.42. The Morgan fingerprint density at radius 1 is 1.18 bits per heavy atom. The minimum Gasteiger partial charge on any atom is -0.376 e. The van der Waals surface area contributed by atoms with E-state index in [0.29, 0.717) is 31.5 Å². The van der Waals surface area contributed by atoms with Crippen molar-refractivity contribution >= 4 is 5.91 Å². The van der Waals surface area contributed by atoms with E-state index in [1.54, 1.807) is 0 Å². The second-order valence-corrected chi connectivity index (χ2v) is 8.65. The van der Waals surface area contributed by atoms with Crippen LogP contribution in [0.15, 0.2) is 0 Å². The molecule has 1 fully saturated rings. The molecule has 0 aliphatic carbocycles. The highest BCUT2D eigenvalue weighted by atomic mass is 16.5. The molecular weight excluding hydrogens is 352 g/mol. The third-order valence-electron chi connectivity index (χ3n) is 6.16. The van der Waals surface area contributed by atoms with E-state index < -0.39 is 0 Å². The van der Waals surface area contributed by atoms with Gasteiger partial charge in [0.05, 0.1) is 18.9 Å². The Bertz CT molecular complexity index is 633. The van der Waals surface area contributed by atoms with Crippen molar-refractivity contribution < 1.29 is 9.53 Å². The molecule has 1 aromatic rings. The summed E-state index contributed by atoms with van der Waals surface area (Å²) in [5, 5.41) is 7.91. The van der Waals surface area contributed by atoms with Crippen LogP contribution in [-0.2, 0) is 29.0 Å². The van der Waals surface area contributed by atoms with Crippen molar-refractivity contribution in [1.82, 2.24) is 20.0 Å². The maximum atomic E-state index is 12.3. The Morgan fingerprint density at radius 2 is 1.93 bits per heavy atom. The van der Waals surface area contributed by atoms with Crippen LogP contribution in [0.1, 0.15) is 82.3 Å². The van der Waals surface area contributed by atoms with E-state index in [1.807, 2.05) is 0 Å². The van der Waals surface area contributed by atoms with Crippen LogP contribution in [0.3, 0.4) is 0 Å². The quantitative estimate of drug-likeness (QED) is 0.740. The molecule has 28 heavy (non-hydrogen) atoms. The number of hydrogen-bond acceptors (Lipinski definition) is 4. The largest absolute Gasteiger partial charge is 0.376 e. The van der Waals surface area contributed by atoms with Gasteiger partial charge < -0.3 is 15.0 Å². The van der Waals surface area contributed by atoms with Crippen molar-refractivity contribution in [3.05, 3.63) is 17.0 Å². The number of carbonyl (C=O) groups is 1. The Morgan fingerprint density at radius 3 is 2.64 bits per heavy atom. The van der Waals surface area contributed by atoms with Crippen LogP contribution in [0.25, 0.3) is 0 Å². The Balaban J connectivity index is 1.43. The summed E-state index contributed by atoms with van der Waals surface area (Å²) >= 11 is 0. The summed E-state index contributed by atoms with van der Waals surface area (Å²) in [6.45, 7) is 11.2. The number of hydrogen-bond donors (Lipinski definition) is 1. The van der Waals surface area contributed by atoms with Gasteiger partial charge in [-0.15, -0.1) is 0 Å². The van der Waals surface area contributed by atoms with Gasteiger partial charge in [-0.1, -0.05) is 12.8 Å². The molecule has 0 aromatic carbocycles. The van der Waals surface area contributed by atoms with E-state index >= 15 is 0 Å². The molecule has 3 heterocycles. The summed E-state index contributed by atoms with van der Waals surface area (Å²) in [6.07, 6.45) is 8.49. The topological polar surface area (TPSA) is 59.4 Å². The maximum absolute atomic E-state index is 12.3. The Labute approximate surface area is 170 Å². The lowest BCUT2D eigenvalue weighted by Gasteiger charge is -2.27. The molecular formula is C22H38N4O2. The molecule has 1 amide bonds. The average Bonchev–Trinajstić information content (AvgIpc) is 2.85. The van der Waals surface area contributed by atoms with E-state index in [9.17, 15) is 4.79 Å². The lowest BCUT2D eigenvalue weighted by atomic mass is 10.1. The number of amides is 1. The van der Waals surface area contributed by atoms with Gasteiger partial charge in [-0.2, -0.15) is 5.10 Å². The zero-order chi connectivity index (χ0) is 19.9. The highest BCUT2D eigenvalue weighted by Gasteiger charge is 2.22. The molecule has 1 aromatic heterocycles. The van der Waals surface area contributed by atoms with Gasteiger partial charge in [0.1, 0.15) is 0 Å². The van der Waals surface area contributed by atoms with Gasteiger partial charge in [0, 0.05) is 49.1 Å². The summed E-state index contributed by atoms with van der Waals surface area (Å²) in [7, 11) is 0. The van der Waals surface area contributed by atoms with Crippen molar-refractivity contribution in [3.8, 4) is 0 Å². The second kappa shape index (κ2) is 10.4. The molecule has 158 valence electrons. The molecule has 1 atom stereocenters. The molecule has 0 spiro atoms. The fraction of sp³-hybridized carbons (Fsp3) is 0.818. The first-order valence-corrected chi connectivity index (χ1v) is 11.2. The number of likely N-dealkylation sites (tertiary alicyclic amines) is 1. The minimum atomic E-state index is 0.132. The maximum Gasteiger partial charge on any atom is 0.220 e. The standard InChI is InChI=1S/C22H38N4O2/c1-17(2)26-21-11-15-28-16-19(21)20(24-26)8-9-22(27)23-12-10-18(3)25-13-6-4-5-7-14-25/h17-18H,4-16H2,1-3H3,(H,23,27). The van der Waals surface area contributed by atoms with Crippen LogP contribution in [-0.4, -0.2) is 52.9 Å². The molecule has 2 aliphatic rings. The lowest BCUT2D eigenvalue weighted by molar-refractivity contribution is -0.121. The molecule has 3 rings (SSSR count). The molecule has 2 aliphatic heterocycles. The van der Waals surface area contributed by atoms with Crippen molar-refractivity contribution in [1.29, 1.82) is 0 Å². The molecule has 1 unspecified atom stereocenters. The number of carbonyl (C=O) groups excluding carboxylic acids is 1. The van der Waals surface area contributed by atoms with Crippen molar-refractivity contribution in [2.24, 2.45) is 0 Å². The van der Waals surface area contributed by atoms with Crippen molar-refractivity contribution in [2.45, 2.75) is 90.8 Å². The van der Waals surface area contributed by atoms with Crippen LogP contribution >= 0.6 is 0 Å². The average molecular weight is 391 g/mol. The highest BCUT2D eigenvalue weighted by Crippen LogP contribution is 2.24. The molecule has 1 saturated heterocycles. The van der Waals surface area contributed by atoms with Gasteiger partial charge in [-0.05, 0) is 53.1 Å².